The molecule has 0 fully saturated rings. The first-order valence-electron chi connectivity index (χ1n) is 7.16. The van der Waals surface area contributed by atoms with Gasteiger partial charge in [-0.3, -0.25) is 0 Å². The van der Waals surface area contributed by atoms with Crippen LogP contribution in [0.5, 0.6) is 0 Å². The fourth-order valence-corrected chi connectivity index (χ4v) is 2.90. The molecule has 2 aromatic carbocycles. The van der Waals surface area contributed by atoms with Crippen LogP contribution in [0.15, 0.2) is 62.2 Å². The molecule has 22 heavy (non-hydrogen) atoms. The molecular formula is C19H14O3. The molecule has 4 aromatic rings. The van der Waals surface area contributed by atoms with Gasteiger partial charge in [0.1, 0.15) is 16.9 Å². The highest BCUT2D eigenvalue weighted by Gasteiger charge is 2.16. The largest absolute Gasteiger partial charge is 0.456 e. The van der Waals surface area contributed by atoms with Gasteiger partial charge in [-0.05, 0) is 32.0 Å². The van der Waals surface area contributed by atoms with E-state index in [0.717, 1.165) is 38.8 Å². The zero-order valence-electron chi connectivity index (χ0n) is 12.3. The second kappa shape index (κ2) is 4.60. The summed E-state index contributed by atoms with van der Waals surface area (Å²) >= 11 is 0. The van der Waals surface area contributed by atoms with Crippen LogP contribution in [0.3, 0.4) is 0 Å². The first-order valence-corrected chi connectivity index (χ1v) is 7.16. The standard InChI is InChI=1S/C19H14O3/c1-11-7-8-17-14(9-11)15(10-18(20)21-17)19-12(2)13-5-3-4-6-16(13)22-19/h3-10H,1-2H3. The Morgan fingerprint density at radius 3 is 2.41 bits per heavy atom. The average Bonchev–Trinajstić information content (AvgIpc) is 2.84. The number of aryl methyl sites for hydroxylation is 2. The Morgan fingerprint density at radius 1 is 0.818 bits per heavy atom. The van der Waals surface area contributed by atoms with Crippen molar-refractivity contribution >= 4 is 21.9 Å². The van der Waals surface area contributed by atoms with E-state index in [4.69, 9.17) is 8.83 Å². The van der Waals surface area contributed by atoms with Gasteiger partial charge in [0.05, 0.1) is 0 Å². The van der Waals surface area contributed by atoms with Crippen molar-refractivity contribution in [3.63, 3.8) is 0 Å². The molecular weight excluding hydrogens is 276 g/mol. The van der Waals surface area contributed by atoms with Crippen LogP contribution in [0.1, 0.15) is 11.1 Å². The van der Waals surface area contributed by atoms with Crippen molar-refractivity contribution in [1.82, 2.24) is 0 Å². The molecule has 0 amide bonds. The molecule has 0 aliphatic heterocycles. The smallest absolute Gasteiger partial charge is 0.336 e. The van der Waals surface area contributed by atoms with Crippen LogP contribution in [0, 0.1) is 13.8 Å². The van der Waals surface area contributed by atoms with Crippen LogP contribution in [0.4, 0.5) is 0 Å². The summed E-state index contributed by atoms with van der Waals surface area (Å²) in [6, 6.07) is 15.2. The topological polar surface area (TPSA) is 43.4 Å². The summed E-state index contributed by atoms with van der Waals surface area (Å²) in [6.07, 6.45) is 0. The lowest BCUT2D eigenvalue weighted by Crippen LogP contribution is -1.98. The molecule has 4 rings (SSSR count). The summed E-state index contributed by atoms with van der Waals surface area (Å²) in [5, 5.41) is 1.95. The fourth-order valence-electron chi connectivity index (χ4n) is 2.90. The molecule has 0 atom stereocenters. The normalized spacial score (nSPS) is 11.4. The Hall–Kier alpha value is -2.81. The predicted octanol–water partition coefficient (Wildman–Crippen LogP) is 4.82. The maximum atomic E-state index is 11.9. The van der Waals surface area contributed by atoms with Gasteiger partial charge in [-0.15, -0.1) is 0 Å². The minimum absolute atomic E-state index is 0.369. The molecule has 0 aliphatic carbocycles. The third kappa shape index (κ3) is 1.86. The van der Waals surface area contributed by atoms with E-state index in [1.807, 2.05) is 56.3 Å². The summed E-state index contributed by atoms with van der Waals surface area (Å²) in [6.45, 7) is 4.03. The Labute approximate surface area is 126 Å². The highest BCUT2D eigenvalue weighted by Crippen LogP contribution is 2.36. The van der Waals surface area contributed by atoms with Crippen molar-refractivity contribution in [1.29, 1.82) is 0 Å². The van der Waals surface area contributed by atoms with Crippen LogP contribution in [0.2, 0.25) is 0 Å². The molecule has 0 N–H and O–H groups in total. The number of rotatable bonds is 1. The minimum Gasteiger partial charge on any atom is -0.456 e. The van der Waals surface area contributed by atoms with Crippen LogP contribution >= 0.6 is 0 Å². The van der Waals surface area contributed by atoms with Gasteiger partial charge in [-0.25, -0.2) is 4.79 Å². The van der Waals surface area contributed by atoms with Crippen LogP contribution < -0.4 is 5.63 Å². The molecule has 2 heterocycles. The fraction of sp³-hybridized carbons (Fsp3) is 0.105. The highest BCUT2D eigenvalue weighted by molar-refractivity contribution is 5.97. The Morgan fingerprint density at radius 2 is 1.59 bits per heavy atom. The Kier molecular flexibility index (Phi) is 2.70. The predicted molar refractivity (Wildman–Crippen MR) is 87.2 cm³/mol. The van der Waals surface area contributed by atoms with Gasteiger partial charge in [-0.2, -0.15) is 0 Å². The van der Waals surface area contributed by atoms with Gasteiger partial charge < -0.3 is 8.83 Å². The molecule has 0 saturated heterocycles. The molecule has 108 valence electrons. The first kappa shape index (κ1) is 12.9. The molecule has 0 unspecified atom stereocenters. The zero-order chi connectivity index (χ0) is 15.3. The van der Waals surface area contributed by atoms with E-state index in [9.17, 15) is 4.79 Å². The zero-order valence-corrected chi connectivity index (χ0v) is 12.3. The summed E-state index contributed by atoms with van der Waals surface area (Å²) in [7, 11) is 0. The second-order valence-corrected chi connectivity index (χ2v) is 5.53. The van der Waals surface area contributed by atoms with Gasteiger partial charge >= 0.3 is 5.63 Å². The number of hydrogen-bond donors (Lipinski definition) is 0. The SMILES string of the molecule is Cc1ccc2oc(=O)cc(-c3oc4ccccc4c3C)c2c1. The third-order valence-corrected chi connectivity index (χ3v) is 3.99. The quantitative estimate of drug-likeness (QED) is 0.472. The van der Waals surface area contributed by atoms with E-state index in [-0.39, 0.29) is 5.63 Å². The van der Waals surface area contributed by atoms with E-state index in [1.165, 1.54) is 6.07 Å². The number of fused-ring (bicyclic) bond motifs is 2. The monoisotopic (exact) mass is 290 g/mol. The average molecular weight is 290 g/mol. The van der Waals surface area contributed by atoms with Crippen LogP contribution in [0.25, 0.3) is 33.3 Å². The summed E-state index contributed by atoms with van der Waals surface area (Å²) in [5.41, 5.74) is 3.95. The summed E-state index contributed by atoms with van der Waals surface area (Å²) in [5.74, 6) is 0.727. The van der Waals surface area contributed by atoms with Crippen molar-refractivity contribution in [2.45, 2.75) is 13.8 Å². The molecule has 0 spiro atoms. The van der Waals surface area contributed by atoms with Gasteiger partial charge in [0.25, 0.3) is 0 Å². The van der Waals surface area contributed by atoms with Crippen LogP contribution in [-0.2, 0) is 0 Å². The van der Waals surface area contributed by atoms with E-state index in [2.05, 4.69) is 0 Å². The number of hydrogen-bond acceptors (Lipinski definition) is 3. The molecule has 0 aliphatic rings. The molecule has 2 aromatic heterocycles. The third-order valence-electron chi connectivity index (χ3n) is 3.99. The number of para-hydroxylation sites is 1. The van der Waals surface area contributed by atoms with Crippen molar-refractivity contribution in [3.05, 3.63) is 70.1 Å². The molecule has 0 bridgehead atoms. The van der Waals surface area contributed by atoms with Gasteiger partial charge in [0.2, 0.25) is 0 Å². The maximum Gasteiger partial charge on any atom is 0.336 e. The lowest BCUT2D eigenvalue weighted by atomic mass is 10.0. The maximum absolute atomic E-state index is 11.9. The summed E-state index contributed by atoms with van der Waals surface area (Å²) < 4.78 is 11.3. The van der Waals surface area contributed by atoms with Crippen molar-refractivity contribution in [2.75, 3.05) is 0 Å². The van der Waals surface area contributed by atoms with Crippen LogP contribution in [-0.4, -0.2) is 0 Å². The van der Waals surface area contributed by atoms with E-state index in [0.29, 0.717) is 5.58 Å². The van der Waals surface area contributed by atoms with Crippen molar-refractivity contribution in [3.8, 4) is 11.3 Å². The van der Waals surface area contributed by atoms with Gasteiger partial charge in [0.15, 0.2) is 0 Å². The first-order chi connectivity index (χ1) is 10.6. The Balaban J connectivity index is 2.14. The molecule has 3 nitrogen and oxygen atoms in total. The minimum atomic E-state index is -0.369. The molecule has 0 saturated carbocycles. The van der Waals surface area contributed by atoms with E-state index < -0.39 is 0 Å². The highest BCUT2D eigenvalue weighted by atomic mass is 16.4. The number of furan rings is 1. The van der Waals surface area contributed by atoms with Gasteiger partial charge in [-0.1, -0.05) is 29.8 Å². The lowest BCUT2D eigenvalue weighted by Gasteiger charge is -2.05. The van der Waals surface area contributed by atoms with Crippen molar-refractivity contribution in [2.24, 2.45) is 0 Å². The summed E-state index contributed by atoms with van der Waals surface area (Å²) in [4.78, 5) is 11.9. The second-order valence-electron chi connectivity index (χ2n) is 5.53. The van der Waals surface area contributed by atoms with E-state index in [1.54, 1.807) is 0 Å². The molecule has 0 radical (unpaired) electrons. The van der Waals surface area contributed by atoms with Gasteiger partial charge in [0, 0.05) is 28.0 Å². The van der Waals surface area contributed by atoms with E-state index >= 15 is 0 Å². The number of benzene rings is 2. The lowest BCUT2D eigenvalue weighted by molar-refractivity contribution is 0.559. The Bertz CT molecular complexity index is 1070. The molecule has 3 heteroatoms. The van der Waals surface area contributed by atoms with Crippen molar-refractivity contribution < 1.29 is 8.83 Å².